The molecule has 0 heterocycles. The number of ether oxygens (including phenoxy) is 1. The maximum Gasteiger partial charge on any atom is 0.145 e. The second-order valence-electron chi connectivity index (χ2n) is 3.64. The third-order valence-electron chi connectivity index (χ3n) is 1.84. The summed E-state index contributed by atoms with van der Waals surface area (Å²) in [5.74, 6) is 0.767. The number of rotatable bonds is 7. The van der Waals surface area contributed by atoms with Gasteiger partial charge in [0.2, 0.25) is 0 Å². The van der Waals surface area contributed by atoms with E-state index >= 15 is 0 Å². The number of aldehydes is 1. The van der Waals surface area contributed by atoms with E-state index in [1.165, 1.54) is 12.8 Å². The van der Waals surface area contributed by atoms with E-state index in [9.17, 15) is 4.79 Å². The van der Waals surface area contributed by atoms with Crippen molar-refractivity contribution in [3.63, 3.8) is 0 Å². The lowest BCUT2D eigenvalue weighted by Gasteiger charge is -2.11. The first-order chi connectivity index (χ1) is 5.66. The Morgan fingerprint density at radius 1 is 1.25 bits per heavy atom. The number of carbonyl (C=O) groups excluding carboxylic acids is 1. The molecule has 0 aromatic rings. The van der Waals surface area contributed by atoms with Crippen LogP contribution in [0, 0.1) is 5.92 Å². The largest absolute Gasteiger partial charge is 0.371 e. The summed E-state index contributed by atoms with van der Waals surface area (Å²) in [5.41, 5.74) is 0. The third-order valence-corrected chi connectivity index (χ3v) is 1.84. The second kappa shape index (κ2) is 7.29. The van der Waals surface area contributed by atoms with E-state index < -0.39 is 0 Å². The third kappa shape index (κ3) is 7.73. The molecular weight excluding hydrogens is 152 g/mol. The van der Waals surface area contributed by atoms with E-state index in [0.29, 0.717) is 0 Å². The Labute approximate surface area is 75.3 Å². The fourth-order valence-corrected chi connectivity index (χ4v) is 1.10. The Hall–Kier alpha value is -0.370. The molecule has 0 rings (SSSR count). The van der Waals surface area contributed by atoms with E-state index in [4.69, 9.17) is 4.74 Å². The summed E-state index contributed by atoms with van der Waals surface area (Å²) < 4.78 is 5.20. The lowest BCUT2D eigenvalue weighted by molar-refractivity contribution is -0.113. The van der Waals surface area contributed by atoms with Crippen LogP contribution in [0.25, 0.3) is 0 Å². The van der Waals surface area contributed by atoms with Gasteiger partial charge in [0, 0.05) is 0 Å². The van der Waals surface area contributed by atoms with Crippen molar-refractivity contribution in [1.29, 1.82) is 0 Å². The normalized spacial score (nSPS) is 13.3. The van der Waals surface area contributed by atoms with Crippen LogP contribution in [0.5, 0.6) is 0 Å². The van der Waals surface area contributed by atoms with Crippen LogP contribution in [0.1, 0.15) is 40.0 Å². The fourth-order valence-electron chi connectivity index (χ4n) is 1.10. The lowest BCUT2D eigenvalue weighted by atomic mass is 10.0. The molecule has 0 aromatic carbocycles. The van der Waals surface area contributed by atoms with E-state index in [1.54, 1.807) is 0 Å². The van der Waals surface area contributed by atoms with Crippen LogP contribution in [0.15, 0.2) is 0 Å². The first-order valence-corrected chi connectivity index (χ1v) is 4.72. The van der Waals surface area contributed by atoms with Gasteiger partial charge in [-0.05, 0) is 19.3 Å². The van der Waals surface area contributed by atoms with Crippen LogP contribution >= 0.6 is 0 Å². The second-order valence-corrected chi connectivity index (χ2v) is 3.64. The lowest BCUT2D eigenvalue weighted by Crippen LogP contribution is -2.09. The number of hydrogen-bond acceptors (Lipinski definition) is 2. The number of hydrogen-bond donors (Lipinski definition) is 0. The Morgan fingerprint density at radius 2 is 1.92 bits per heavy atom. The highest BCUT2D eigenvalue weighted by Gasteiger charge is 2.01. The Kier molecular flexibility index (Phi) is 7.06. The molecular formula is C10H20O2. The van der Waals surface area contributed by atoms with Crippen molar-refractivity contribution in [3.8, 4) is 0 Å². The topological polar surface area (TPSA) is 26.3 Å². The van der Waals surface area contributed by atoms with Crippen molar-refractivity contribution in [2.45, 2.75) is 46.1 Å². The molecule has 0 aromatic heterocycles. The van der Waals surface area contributed by atoms with Crippen LogP contribution in [0.2, 0.25) is 0 Å². The van der Waals surface area contributed by atoms with Gasteiger partial charge < -0.3 is 9.53 Å². The molecule has 0 aliphatic rings. The standard InChI is InChI=1S/C10H20O2/c1-9(2)5-4-6-10(3)12-8-7-11/h7,9-10H,4-6,8H2,1-3H3. The smallest absolute Gasteiger partial charge is 0.145 e. The van der Waals surface area contributed by atoms with E-state index in [1.807, 2.05) is 6.92 Å². The first-order valence-electron chi connectivity index (χ1n) is 4.72. The average molecular weight is 172 g/mol. The van der Waals surface area contributed by atoms with Crippen LogP contribution in [-0.4, -0.2) is 19.0 Å². The minimum atomic E-state index is 0.231. The van der Waals surface area contributed by atoms with Gasteiger partial charge in [-0.15, -0.1) is 0 Å². The van der Waals surface area contributed by atoms with Gasteiger partial charge in [-0.3, -0.25) is 0 Å². The van der Waals surface area contributed by atoms with Gasteiger partial charge in [-0.2, -0.15) is 0 Å². The molecule has 0 N–H and O–H groups in total. The van der Waals surface area contributed by atoms with Gasteiger partial charge in [-0.25, -0.2) is 0 Å². The minimum Gasteiger partial charge on any atom is -0.371 e. The quantitative estimate of drug-likeness (QED) is 0.551. The van der Waals surface area contributed by atoms with Gasteiger partial charge in [0.05, 0.1) is 6.10 Å². The molecule has 0 fully saturated rings. The van der Waals surface area contributed by atoms with Crippen LogP contribution in [0.4, 0.5) is 0 Å². The molecule has 0 spiro atoms. The molecule has 72 valence electrons. The molecule has 2 nitrogen and oxygen atoms in total. The van der Waals surface area contributed by atoms with Crippen molar-refractivity contribution in [3.05, 3.63) is 0 Å². The SMILES string of the molecule is CC(C)CCCC(C)OCC=O. The number of carbonyl (C=O) groups is 1. The Balaban J connectivity index is 3.18. The maximum absolute atomic E-state index is 9.97. The highest BCUT2D eigenvalue weighted by atomic mass is 16.5. The van der Waals surface area contributed by atoms with Crippen molar-refractivity contribution >= 4 is 6.29 Å². The van der Waals surface area contributed by atoms with E-state index in [-0.39, 0.29) is 12.7 Å². The summed E-state index contributed by atoms with van der Waals surface area (Å²) in [4.78, 5) is 9.97. The molecule has 0 saturated carbocycles. The van der Waals surface area contributed by atoms with Crippen molar-refractivity contribution in [1.82, 2.24) is 0 Å². The zero-order chi connectivity index (χ0) is 9.40. The summed E-state index contributed by atoms with van der Waals surface area (Å²) in [6, 6.07) is 0. The molecule has 12 heavy (non-hydrogen) atoms. The van der Waals surface area contributed by atoms with Crippen LogP contribution < -0.4 is 0 Å². The monoisotopic (exact) mass is 172 g/mol. The highest BCUT2D eigenvalue weighted by Crippen LogP contribution is 2.09. The summed E-state index contributed by atoms with van der Waals surface area (Å²) in [7, 11) is 0. The Morgan fingerprint density at radius 3 is 2.42 bits per heavy atom. The van der Waals surface area contributed by atoms with Gasteiger partial charge in [0.25, 0.3) is 0 Å². The maximum atomic E-state index is 9.97. The van der Waals surface area contributed by atoms with Crippen molar-refractivity contribution < 1.29 is 9.53 Å². The Bertz CT molecular complexity index is 110. The minimum absolute atomic E-state index is 0.231. The molecule has 0 bridgehead atoms. The van der Waals surface area contributed by atoms with Gasteiger partial charge in [-0.1, -0.05) is 26.7 Å². The molecule has 0 saturated heterocycles. The molecule has 0 amide bonds. The van der Waals surface area contributed by atoms with Crippen LogP contribution in [0.3, 0.4) is 0 Å². The van der Waals surface area contributed by atoms with Gasteiger partial charge >= 0.3 is 0 Å². The summed E-state index contributed by atoms with van der Waals surface area (Å²) in [6.07, 6.45) is 4.53. The zero-order valence-corrected chi connectivity index (χ0v) is 8.38. The first kappa shape index (κ1) is 11.6. The van der Waals surface area contributed by atoms with E-state index in [2.05, 4.69) is 13.8 Å². The van der Waals surface area contributed by atoms with Gasteiger partial charge in [0.1, 0.15) is 12.9 Å². The van der Waals surface area contributed by atoms with Crippen LogP contribution in [-0.2, 0) is 9.53 Å². The molecule has 1 atom stereocenters. The van der Waals surface area contributed by atoms with Gasteiger partial charge in [0.15, 0.2) is 0 Å². The summed E-state index contributed by atoms with van der Waals surface area (Å²) >= 11 is 0. The summed E-state index contributed by atoms with van der Waals surface area (Å²) in [5, 5.41) is 0. The highest BCUT2D eigenvalue weighted by molar-refractivity contribution is 5.50. The van der Waals surface area contributed by atoms with Crippen molar-refractivity contribution in [2.24, 2.45) is 5.92 Å². The molecule has 1 unspecified atom stereocenters. The fraction of sp³-hybridized carbons (Fsp3) is 0.900. The molecule has 0 aliphatic carbocycles. The summed E-state index contributed by atoms with van der Waals surface area (Å²) in [6.45, 7) is 6.70. The average Bonchev–Trinajstić information content (AvgIpc) is 2.00. The molecule has 0 radical (unpaired) electrons. The van der Waals surface area contributed by atoms with Crippen molar-refractivity contribution in [2.75, 3.05) is 6.61 Å². The predicted octanol–water partition coefficient (Wildman–Crippen LogP) is 2.42. The van der Waals surface area contributed by atoms with E-state index in [0.717, 1.165) is 18.6 Å². The molecule has 2 heteroatoms. The predicted molar refractivity (Wildman–Crippen MR) is 50.2 cm³/mol. The molecule has 0 aliphatic heterocycles. The zero-order valence-electron chi connectivity index (χ0n) is 8.38.